The zero-order valence-corrected chi connectivity index (χ0v) is 32.1. The van der Waals surface area contributed by atoms with Crippen molar-refractivity contribution in [2.45, 2.75) is 106 Å². The molecule has 2 heterocycles. The van der Waals surface area contributed by atoms with Crippen molar-refractivity contribution >= 4 is 51.1 Å². The predicted octanol–water partition coefficient (Wildman–Crippen LogP) is 5.01. The van der Waals surface area contributed by atoms with Crippen LogP contribution in [0.1, 0.15) is 84.3 Å². The first-order valence-corrected chi connectivity index (χ1v) is 19.7. The summed E-state index contributed by atoms with van der Waals surface area (Å²) in [5.41, 5.74) is 6.13. The molecule has 15 heteroatoms. The van der Waals surface area contributed by atoms with Gasteiger partial charge in [0.1, 0.15) is 10.1 Å². The van der Waals surface area contributed by atoms with Crippen LogP contribution in [0, 0.1) is 0 Å². The number of hydrogen-bond acceptors (Lipinski definition) is 14. The summed E-state index contributed by atoms with van der Waals surface area (Å²) >= 11 is 0.867. The average Bonchev–Trinajstić information content (AvgIpc) is 3.63. The van der Waals surface area contributed by atoms with Crippen LogP contribution in [-0.4, -0.2) is 55.7 Å². The fourth-order valence-electron chi connectivity index (χ4n) is 7.47. The normalized spacial score (nSPS) is 20.4. The fourth-order valence-corrected chi connectivity index (χ4v) is 8.36. The maximum atomic E-state index is 12.2. The molecule has 5 rings (SSSR count). The van der Waals surface area contributed by atoms with Gasteiger partial charge in [-0.2, -0.15) is 4.33 Å². The van der Waals surface area contributed by atoms with E-state index in [9.17, 15) is 32.6 Å². The zero-order valence-electron chi connectivity index (χ0n) is 30.5. The Morgan fingerprint density at radius 3 is 2.38 bits per heavy atom. The van der Waals surface area contributed by atoms with E-state index in [0.717, 1.165) is 51.7 Å². The molecule has 1 fully saturated rings. The molecular weight excluding hydrogens is 723 g/mol. The molecule has 0 aromatic heterocycles. The number of carbonyl (C=O) groups is 3. The van der Waals surface area contributed by atoms with E-state index >= 15 is 0 Å². The number of hydrogen-bond donors (Lipinski definition) is 1. The van der Waals surface area contributed by atoms with Gasteiger partial charge in [0.2, 0.25) is 0 Å². The third kappa shape index (κ3) is 8.78. The smallest absolute Gasteiger partial charge is 0.324 e. The second-order valence-corrected chi connectivity index (χ2v) is 16.5. The van der Waals surface area contributed by atoms with Gasteiger partial charge in [-0.1, -0.05) is 58.4 Å². The molecule has 2 aromatic rings. The molecule has 1 saturated carbocycles. The summed E-state index contributed by atoms with van der Waals surface area (Å²) in [5.74, 6) is -1.12. The van der Waals surface area contributed by atoms with Crippen LogP contribution < -0.4 is 20.5 Å². The lowest BCUT2D eigenvalue weighted by Crippen LogP contribution is -2.39. The number of fused-ring (bicyclic) bond motifs is 2. The molecule has 1 atom stereocenters. The van der Waals surface area contributed by atoms with E-state index < -0.39 is 27.5 Å². The number of benzene rings is 2. The molecule has 286 valence electrons. The summed E-state index contributed by atoms with van der Waals surface area (Å²) in [7, 11) is -4.66. The first-order valence-electron chi connectivity index (χ1n) is 17.6. The highest BCUT2D eigenvalue weighted by Gasteiger charge is 2.43. The molecule has 2 aliphatic heterocycles. The average molecular weight is 768 g/mol. The van der Waals surface area contributed by atoms with Gasteiger partial charge >= 0.3 is 5.97 Å². The molecule has 1 aliphatic carbocycles. The number of unbranched alkanes of at least 4 members (excludes halogenated alkanes) is 2. The Kier molecular flexibility index (Phi) is 12.7. The van der Waals surface area contributed by atoms with Crippen LogP contribution in [0.25, 0.3) is 0 Å². The van der Waals surface area contributed by atoms with Crippen molar-refractivity contribution in [2.24, 2.45) is 0 Å². The monoisotopic (exact) mass is 767 g/mol. The molecule has 3 aliphatic rings. The van der Waals surface area contributed by atoms with Crippen molar-refractivity contribution in [1.82, 2.24) is 5.48 Å². The number of nitrogens with one attached hydrogen (secondary N) is 1. The molecule has 13 nitrogen and oxygen atoms in total. The van der Waals surface area contributed by atoms with Gasteiger partial charge in [-0.25, -0.2) is 8.42 Å². The van der Waals surface area contributed by atoms with Crippen molar-refractivity contribution in [3.8, 4) is 0 Å². The van der Waals surface area contributed by atoms with Gasteiger partial charge < -0.3 is 24.4 Å². The van der Waals surface area contributed by atoms with Gasteiger partial charge in [-0.05, 0) is 73.4 Å². The van der Waals surface area contributed by atoms with E-state index in [-0.39, 0.29) is 47.2 Å². The Balaban J connectivity index is 1.28. The highest BCUT2D eigenvalue weighted by atomic mass is 32.2. The summed E-state index contributed by atoms with van der Waals surface area (Å²) in [4.78, 5) is 45.7. The van der Waals surface area contributed by atoms with Gasteiger partial charge in [-0.3, -0.25) is 19.4 Å². The topological polar surface area (TPSA) is 178 Å². The maximum Gasteiger partial charge on any atom is 0.324 e. The Labute approximate surface area is 314 Å². The summed E-state index contributed by atoms with van der Waals surface area (Å²) in [6, 6.07) is 9.36. The van der Waals surface area contributed by atoms with E-state index in [1.807, 2.05) is 56.4 Å². The molecule has 1 N–H and O–H groups in total. The van der Waals surface area contributed by atoms with E-state index in [2.05, 4.69) is 51.5 Å². The number of nitrogens with zero attached hydrogens (tertiary/aromatic N) is 2. The Hall–Kier alpha value is -3.83. The van der Waals surface area contributed by atoms with Crippen LogP contribution in [0.4, 0.5) is 11.4 Å². The summed E-state index contributed by atoms with van der Waals surface area (Å²) in [5, 5.41) is 13.9. The van der Waals surface area contributed by atoms with Gasteiger partial charge in [0, 0.05) is 65.1 Å². The second-order valence-electron chi connectivity index (χ2n) is 14.4. The lowest BCUT2D eigenvalue weighted by molar-refractivity contribution is -0.777. The minimum Gasteiger partial charge on any atom is -0.744 e. The first kappa shape index (κ1) is 40.4. The minimum absolute atomic E-state index is 0.0496. The molecule has 53 heavy (non-hydrogen) atoms. The highest BCUT2D eigenvalue weighted by Crippen LogP contribution is 2.49. The Morgan fingerprint density at radius 1 is 0.981 bits per heavy atom. The van der Waals surface area contributed by atoms with Gasteiger partial charge in [-0.15, -0.1) is 5.48 Å². The summed E-state index contributed by atoms with van der Waals surface area (Å²) < 4.78 is 40.3. The lowest BCUT2D eigenvalue weighted by atomic mass is 9.80. The van der Waals surface area contributed by atoms with E-state index in [4.69, 9.17) is 4.84 Å². The zero-order chi connectivity index (χ0) is 38.6. The summed E-state index contributed by atoms with van der Waals surface area (Å²) in [6.07, 6.45) is 12.4. The summed E-state index contributed by atoms with van der Waals surface area (Å²) in [6.45, 7) is 11.8. The molecule has 2 aromatic carbocycles. The lowest BCUT2D eigenvalue weighted by Gasteiger charge is -2.31. The van der Waals surface area contributed by atoms with E-state index in [1.165, 1.54) is 12.1 Å². The molecular formula is C38H45N3O10S2-2. The van der Waals surface area contributed by atoms with Gasteiger partial charge in [0.15, 0.2) is 17.6 Å². The number of likely N-dealkylation sites (N-methyl/N-ethyl adjacent to an activating group) is 1. The predicted molar refractivity (Wildman–Crippen MR) is 196 cm³/mol. The molecule has 0 radical (unpaired) electrons. The Morgan fingerprint density at radius 2 is 1.70 bits per heavy atom. The van der Waals surface area contributed by atoms with Crippen molar-refractivity contribution in [3.63, 3.8) is 0 Å². The molecule has 1 unspecified atom stereocenters. The quantitative estimate of drug-likeness (QED) is 0.0459. The number of allylic oxidation sites excluding steroid dienone is 5. The standard InChI is InChI=1S/C38H47N3O10S2/c1-6-40-29-18-16-25(52-51-50-45)23-27(29)37(2,3)33(40)13-9-7-10-14-34-38(4,5)28-24-26(53(46,47)48)17-19-30(28)41(34)22-12-8-11-15-35(44)49-39-36-31(42)20-21-32(36)43/h7,9-10,13-14,16-19,23-24,33,36,39,45H,6,8,11-12,15,20-22H2,1-5H3,(H,46,47,48)/p-2/b10-7+,13-9+,34-14+. The van der Waals surface area contributed by atoms with E-state index in [0.29, 0.717) is 25.8 Å². The molecule has 0 amide bonds. The third-order valence-corrected chi connectivity index (χ3v) is 11.7. The molecule has 0 saturated heterocycles. The maximum absolute atomic E-state index is 12.2. The number of ketones is 2. The van der Waals surface area contributed by atoms with Crippen LogP contribution in [0.15, 0.2) is 82.3 Å². The van der Waals surface area contributed by atoms with Crippen LogP contribution in [-0.2, 0) is 49.5 Å². The van der Waals surface area contributed by atoms with Crippen molar-refractivity contribution in [3.05, 3.63) is 83.6 Å². The van der Waals surface area contributed by atoms with Crippen molar-refractivity contribution in [2.75, 3.05) is 22.9 Å². The second kappa shape index (κ2) is 16.7. The van der Waals surface area contributed by atoms with Crippen LogP contribution in [0.5, 0.6) is 0 Å². The number of rotatable bonds is 16. The molecule has 0 spiro atoms. The van der Waals surface area contributed by atoms with Gasteiger partial charge in [0.05, 0.1) is 23.0 Å². The SMILES string of the molecule is CCN1c2ccc(SOO[O-])cc2C(C)(C)C1/C=C/C=C/C=C1/N(CCCCCC(=O)ONC2C(=O)CCC2=O)c2ccc(S(=O)(=O)[O-])cc2C1(C)C. The van der Waals surface area contributed by atoms with E-state index in [1.54, 1.807) is 6.07 Å². The number of carbonyl (C=O) groups excluding carboxylic acids is 3. The van der Waals surface area contributed by atoms with Crippen LogP contribution in [0.2, 0.25) is 0 Å². The van der Waals surface area contributed by atoms with Crippen LogP contribution in [0.3, 0.4) is 0 Å². The Bertz CT molecular complexity index is 1910. The molecule has 0 bridgehead atoms. The van der Waals surface area contributed by atoms with Crippen LogP contribution >= 0.6 is 12.0 Å². The number of anilines is 2. The van der Waals surface area contributed by atoms with Gasteiger partial charge in [0.25, 0.3) is 0 Å². The largest absolute Gasteiger partial charge is 0.744 e. The minimum atomic E-state index is -4.66. The first-order chi connectivity index (χ1) is 25.1. The number of hydroxylamine groups is 1. The third-order valence-electron chi connectivity index (χ3n) is 10.3. The van der Waals surface area contributed by atoms with Crippen molar-refractivity contribution in [1.29, 1.82) is 0 Å². The fraction of sp³-hybridized carbons (Fsp3) is 0.447. The number of Topliss-reactive ketones (excluding diaryl/α,β-unsaturated/α-hetero) is 2. The van der Waals surface area contributed by atoms with Crippen molar-refractivity contribution < 1.29 is 46.8 Å². The highest BCUT2D eigenvalue weighted by molar-refractivity contribution is 7.94.